The SMILES string of the molecule is CC(C)[C@H](C)C[C@@H](C)c1nc(C(N)=O)cs1. The number of hydrogen-bond acceptors (Lipinski definition) is 3. The monoisotopic (exact) mass is 240 g/mol. The Morgan fingerprint density at radius 3 is 2.50 bits per heavy atom. The van der Waals surface area contributed by atoms with E-state index in [-0.39, 0.29) is 0 Å². The molecule has 0 aliphatic rings. The Morgan fingerprint density at radius 1 is 1.44 bits per heavy atom. The van der Waals surface area contributed by atoms with E-state index in [0.717, 1.165) is 11.4 Å². The van der Waals surface area contributed by atoms with Crippen LogP contribution >= 0.6 is 11.3 Å². The fourth-order valence-corrected chi connectivity index (χ4v) is 2.44. The summed E-state index contributed by atoms with van der Waals surface area (Å²) in [6.45, 7) is 8.87. The van der Waals surface area contributed by atoms with Gasteiger partial charge in [-0.05, 0) is 18.3 Å². The van der Waals surface area contributed by atoms with E-state index in [1.54, 1.807) is 5.38 Å². The lowest BCUT2D eigenvalue weighted by Crippen LogP contribution is -2.12. The first kappa shape index (κ1) is 13.2. The summed E-state index contributed by atoms with van der Waals surface area (Å²) in [5.74, 6) is 1.30. The Hall–Kier alpha value is -0.900. The summed E-state index contributed by atoms with van der Waals surface area (Å²) in [4.78, 5) is 15.2. The molecule has 2 N–H and O–H groups in total. The van der Waals surface area contributed by atoms with Crippen molar-refractivity contribution in [1.82, 2.24) is 4.98 Å². The van der Waals surface area contributed by atoms with Gasteiger partial charge in [-0.15, -0.1) is 11.3 Å². The van der Waals surface area contributed by atoms with E-state index in [1.807, 2.05) is 0 Å². The van der Waals surface area contributed by atoms with Crippen LogP contribution in [0.3, 0.4) is 0 Å². The van der Waals surface area contributed by atoms with E-state index in [1.165, 1.54) is 11.3 Å². The van der Waals surface area contributed by atoms with Crippen LogP contribution in [0.25, 0.3) is 0 Å². The van der Waals surface area contributed by atoms with Crippen LogP contribution in [-0.4, -0.2) is 10.9 Å². The third-order valence-electron chi connectivity index (χ3n) is 3.06. The van der Waals surface area contributed by atoms with Gasteiger partial charge in [0.2, 0.25) is 0 Å². The summed E-state index contributed by atoms with van der Waals surface area (Å²) < 4.78 is 0. The summed E-state index contributed by atoms with van der Waals surface area (Å²) in [6, 6.07) is 0. The van der Waals surface area contributed by atoms with Crippen molar-refractivity contribution in [3.63, 3.8) is 0 Å². The minimum absolute atomic E-state index is 0.393. The van der Waals surface area contributed by atoms with Gasteiger partial charge in [0.25, 0.3) is 5.91 Å². The minimum atomic E-state index is -0.438. The number of carbonyl (C=O) groups excluding carboxylic acids is 1. The van der Waals surface area contributed by atoms with Gasteiger partial charge in [0, 0.05) is 11.3 Å². The van der Waals surface area contributed by atoms with Crippen LogP contribution < -0.4 is 5.73 Å². The second-order valence-electron chi connectivity index (χ2n) is 4.79. The van der Waals surface area contributed by atoms with Crippen LogP contribution in [0.2, 0.25) is 0 Å². The first-order chi connectivity index (χ1) is 7.41. The largest absolute Gasteiger partial charge is 0.364 e. The molecule has 4 heteroatoms. The molecule has 1 aromatic heterocycles. The first-order valence-corrected chi connectivity index (χ1v) is 6.55. The first-order valence-electron chi connectivity index (χ1n) is 5.67. The molecular weight excluding hydrogens is 220 g/mol. The molecule has 0 aliphatic carbocycles. The van der Waals surface area contributed by atoms with Gasteiger partial charge in [-0.2, -0.15) is 0 Å². The van der Waals surface area contributed by atoms with Gasteiger partial charge in [-0.25, -0.2) is 4.98 Å². The number of nitrogens with zero attached hydrogens (tertiary/aromatic N) is 1. The molecule has 0 saturated carbocycles. The van der Waals surface area contributed by atoms with Crippen LogP contribution in [0.1, 0.15) is 55.5 Å². The van der Waals surface area contributed by atoms with Crippen molar-refractivity contribution in [2.45, 2.75) is 40.0 Å². The van der Waals surface area contributed by atoms with Crippen LogP contribution in [0.15, 0.2) is 5.38 Å². The Morgan fingerprint density at radius 2 is 2.06 bits per heavy atom. The predicted molar refractivity (Wildman–Crippen MR) is 67.7 cm³/mol. The molecule has 3 nitrogen and oxygen atoms in total. The molecule has 0 aromatic carbocycles. The highest BCUT2D eigenvalue weighted by Crippen LogP contribution is 2.28. The molecule has 0 saturated heterocycles. The standard InChI is InChI=1S/C12H20N2OS/c1-7(2)8(3)5-9(4)12-14-10(6-16-12)11(13)15/h6-9H,5H2,1-4H3,(H2,13,15)/t8-,9-/m1/s1. The normalized spacial score (nSPS) is 15.1. The van der Waals surface area contributed by atoms with E-state index in [0.29, 0.717) is 23.4 Å². The van der Waals surface area contributed by atoms with Crippen molar-refractivity contribution in [2.24, 2.45) is 17.6 Å². The highest BCUT2D eigenvalue weighted by atomic mass is 32.1. The fourth-order valence-electron chi connectivity index (χ4n) is 1.56. The number of nitrogens with two attached hydrogens (primary N) is 1. The molecule has 90 valence electrons. The fraction of sp³-hybridized carbons (Fsp3) is 0.667. The molecule has 1 aromatic rings. The van der Waals surface area contributed by atoms with Crippen molar-refractivity contribution >= 4 is 17.2 Å². The van der Waals surface area contributed by atoms with E-state index < -0.39 is 5.91 Å². The Kier molecular flexibility index (Phi) is 4.47. The predicted octanol–water partition coefficient (Wildman–Crippen LogP) is 3.03. The van der Waals surface area contributed by atoms with Gasteiger partial charge in [0.1, 0.15) is 5.69 Å². The highest BCUT2D eigenvalue weighted by Gasteiger charge is 2.17. The number of rotatable bonds is 5. The molecule has 0 unspecified atom stereocenters. The molecule has 1 rings (SSSR count). The van der Waals surface area contributed by atoms with Gasteiger partial charge in [0.05, 0.1) is 5.01 Å². The van der Waals surface area contributed by atoms with Crippen molar-refractivity contribution in [3.05, 3.63) is 16.1 Å². The van der Waals surface area contributed by atoms with Crippen LogP contribution in [0.4, 0.5) is 0 Å². The average molecular weight is 240 g/mol. The maximum absolute atomic E-state index is 10.9. The number of thiazole rings is 1. The number of primary amides is 1. The number of hydrogen-bond donors (Lipinski definition) is 1. The van der Waals surface area contributed by atoms with Crippen molar-refractivity contribution in [2.75, 3.05) is 0 Å². The summed E-state index contributed by atoms with van der Waals surface area (Å²) in [7, 11) is 0. The number of carbonyl (C=O) groups is 1. The van der Waals surface area contributed by atoms with Crippen molar-refractivity contribution in [1.29, 1.82) is 0 Å². The Balaban J connectivity index is 2.65. The molecular formula is C12H20N2OS. The Bertz CT molecular complexity index is 360. The molecule has 1 amide bonds. The second-order valence-corrected chi connectivity index (χ2v) is 5.68. The Labute approximate surface area is 101 Å². The molecule has 0 spiro atoms. The quantitative estimate of drug-likeness (QED) is 0.860. The topological polar surface area (TPSA) is 56.0 Å². The van der Waals surface area contributed by atoms with E-state index in [2.05, 4.69) is 32.7 Å². The van der Waals surface area contributed by atoms with Gasteiger partial charge < -0.3 is 5.73 Å². The maximum Gasteiger partial charge on any atom is 0.268 e. The maximum atomic E-state index is 10.9. The van der Waals surface area contributed by atoms with E-state index in [4.69, 9.17) is 5.73 Å². The summed E-state index contributed by atoms with van der Waals surface area (Å²) in [6.07, 6.45) is 1.10. The second kappa shape index (κ2) is 5.43. The third kappa shape index (κ3) is 3.30. The average Bonchev–Trinajstić information content (AvgIpc) is 2.65. The summed E-state index contributed by atoms with van der Waals surface area (Å²) >= 11 is 1.53. The minimum Gasteiger partial charge on any atom is -0.364 e. The molecule has 16 heavy (non-hydrogen) atoms. The molecule has 0 aliphatic heterocycles. The van der Waals surface area contributed by atoms with Crippen molar-refractivity contribution in [3.8, 4) is 0 Å². The number of amides is 1. The molecule has 2 atom stereocenters. The smallest absolute Gasteiger partial charge is 0.268 e. The van der Waals surface area contributed by atoms with Gasteiger partial charge in [-0.1, -0.05) is 27.7 Å². The van der Waals surface area contributed by atoms with E-state index in [9.17, 15) is 4.79 Å². The lowest BCUT2D eigenvalue weighted by Gasteiger charge is -2.18. The summed E-state index contributed by atoms with van der Waals surface area (Å²) in [5.41, 5.74) is 5.57. The van der Waals surface area contributed by atoms with Gasteiger partial charge in [0.15, 0.2) is 0 Å². The molecule has 0 fully saturated rings. The number of aromatic nitrogens is 1. The van der Waals surface area contributed by atoms with Crippen LogP contribution in [0.5, 0.6) is 0 Å². The van der Waals surface area contributed by atoms with Crippen molar-refractivity contribution < 1.29 is 4.79 Å². The third-order valence-corrected chi connectivity index (χ3v) is 4.14. The van der Waals surface area contributed by atoms with Crippen LogP contribution in [-0.2, 0) is 0 Å². The zero-order valence-electron chi connectivity index (χ0n) is 10.4. The zero-order chi connectivity index (χ0) is 12.3. The van der Waals surface area contributed by atoms with Crippen LogP contribution in [0, 0.1) is 11.8 Å². The lowest BCUT2D eigenvalue weighted by atomic mass is 9.89. The zero-order valence-corrected chi connectivity index (χ0v) is 11.2. The molecule has 0 radical (unpaired) electrons. The summed E-state index contributed by atoms with van der Waals surface area (Å²) in [5, 5.41) is 2.76. The molecule has 1 heterocycles. The lowest BCUT2D eigenvalue weighted by molar-refractivity contribution is 0.0996. The highest BCUT2D eigenvalue weighted by molar-refractivity contribution is 7.09. The van der Waals surface area contributed by atoms with E-state index >= 15 is 0 Å². The van der Waals surface area contributed by atoms with Gasteiger partial charge >= 0.3 is 0 Å². The molecule has 0 bridgehead atoms. The van der Waals surface area contributed by atoms with Gasteiger partial charge in [-0.3, -0.25) is 4.79 Å².